The fraction of sp³-hybridized carbons (Fsp3) is 0.105. The van der Waals surface area contributed by atoms with Crippen LogP contribution in [0.2, 0.25) is 0 Å². The van der Waals surface area contributed by atoms with Crippen LogP contribution in [0, 0.1) is 0 Å². The molecule has 0 radical (unpaired) electrons. The van der Waals surface area contributed by atoms with E-state index in [-0.39, 0.29) is 0 Å². The van der Waals surface area contributed by atoms with Crippen molar-refractivity contribution < 1.29 is 13.2 Å². The van der Waals surface area contributed by atoms with Crippen LogP contribution in [0.3, 0.4) is 0 Å². The van der Waals surface area contributed by atoms with Gasteiger partial charge in [-0.05, 0) is 42.7 Å². The highest BCUT2D eigenvalue weighted by atomic mass is 32.2. The number of para-hydroxylation sites is 2. The molecule has 9 heteroatoms. The first-order chi connectivity index (χ1) is 13.5. The molecule has 0 bridgehead atoms. The van der Waals surface area contributed by atoms with Gasteiger partial charge in [0.2, 0.25) is 0 Å². The molecule has 5 nitrogen and oxygen atoms in total. The van der Waals surface area contributed by atoms with Crippen LogP contribution in [-0.4, -0.2) is 25.8 Å². The number of benzene rings is 2. The zero-order chi connectivity index (χ0) is 19.7. The van der Waals surface area contributed by atoms with Gasteiger partial charge in [0.1, 0.15) is 0 Å². The Labute approximate surface area is 162 Å². The Morgan fingerprint density at radius 2 is 1.71 bits per heavy atom. The highest BCUT2D eigenvalue weighted by molar-refractivity contribution is 7.98. The van der Waals surface area contributed by atoms with Gasteiger partial charge in [-0.1, -0.05) is 23.9 Å². The molecule has 0 saturated heterocycles. The summed E-state index contributed by atoms with van der Waals surface area (Å²) in [6.45, 7) is 0. The van der Waals surface area contributed by atoms with Gasteiger partial charge in [-0.2, -0.15) is 13.2 Å². The van der Waals surface area contributed by atoms with Crippen molar-refractivity contribution in [2.24, 2.45) is 0 Å². The maximum Gasteiger partial charge on any atom is 0.416 e. The Kier molecular flexibility index (Phi) is 4.68. The summed E-state index contributed by atoms with van der Waals surface area (Å²) < 4.78 is 40.0. The quantitative estimate of drug-likeness (QED) is 0.470. The molecule has 0 fully saturated rings. The van der Waals surface area contributed by atoms with Crippen molar-refractivity contribution in [1.29, 1.82) is 0 Å². The van der Waals surface area contributed by atoms with Crippen molar-refractivity contribution in [1.82, 2.24) is 19.5 Å². The second-order valence-corrected chi connectivity index (χ2v) is 6.66. The van der Waals surface area contributed by atoms with Crippen molar-refractivity contribution in [3.63, 3.8) is 0 Å². The summed E-state index contributed by atoms with van der Waals surface area (Å²) in [4.78, 5) is 13.4. The summed E-state index contributed by atoms with van der Waals surface area (Å²) in [6, 6.07) is 12.5. The summed E-state index contributed by atoms with van der Waals surface area (Å²) in [5.74, 6) is 0.983. The van der Waals surface area contributed by atoms with Gasteiger partial charge in [0.25, 0.3) is 0 Å². The van der Waals surface area contributed by atoms with E-state index in [9.17, 15) is 13.2 Å². The fourth-order valence-electron chi connectivity index (χ4n) is 2.78. The molecule has 0 unspecified atom stereocenters. The summed E-state index contributed by atoms with van der Waals surface area (Å²) in [6.07, 6.45) is 0.690. The van der Waals surface area contributed by atoms with Gasteiger partial charge in [-0.25, -0.2) is 9.97 Å². The summed E-state index contributed by atoms with van der Waals surface area (Å²) >= 11 is 1.49. The lowest BCUT2D eigenvalue weighted by molar-refractivity contribution is -0.137. The van der Waals surface area contributed by atoms with E-state index in [0.717, 1.165) is 28.3 Å². The van der Waals surface area contributed by atoms with E-state index in [4.69, 9.17) is 0 Å². The smallest absolute Gasteiger partial charge is 0.339 e. The molecule has 0 aliphatic rings. The standard InChI is InChI=1S/C19H14F3N5S/c1-28-18-25-14-4-2-3-5-15(14)27(18)17-11-23-10-16(26-17)24-13-8-6-12(7-9-13)19(20,21)22/h2-11H,1H3,(H,24,26). The minimum absolute atomic E-state index is 0.419. The van der Waals surface area contributed by atoms with E-state index in [1.807, 2.05) is 35.1 Å². The molecule has 4 aromatic rings. The molecule has 0 aliphatic heterocycles. The molecular formula is C19H14F3N5S. The third-order valence-electron chi connectivity index (χ3n) is 4.05. The van der Waals surface area contributed by atoms with Crippen LogP contribution in [0.15, 0.2) is 66.1 Å². The van der Waals surface area contributed by atoms with Gasteiger partial charge in [-0.3, -0.25) is 9.55 Å². The molecule has 0 aliphatic carbocycles. The maximum absolute atomic E-state index is 12.7. The van der Waals surface area contributed by atoms with Gasteiger partial charge in [0.05, 0.1) is 29.0 Å². The van der Waals surface area contributed by atoms with Gasteiger partial charge in [-0.15, -0.1) is 0 Å². The van der Waals surface area contributed by atoms with Crippen LogP contribution < -0.4 is 5.32 Å². The Bertz CT molecular complexity index is 1120. The molecule has 2 aromatic carbocycles. The lowest BCUT2D eigenvalue weighted by Crippen LogP contribution is -2.05. The number of anilines is 2. The summed E-state index contributed by atoms with van der Waals surface area (Å²) in [5.41, 5.74) is 1.52. The number of nitrogens with one attached hydrogen (secondary N) is 1. The molecule has 0 saturated carbocycles. The van der Waals surface area contributed by atoms with Crippen LogP contribution in [0.25, 0.3) is 16.9 Å². The lowest BCUT2D eigenvalue weighted by atomic mass is 10.2. The summed E-state index contributed by atoms with van der Waals surface area (Å²) in [7, 11) is 0. The maximum atomic E-state index is 12.7. The number of thioether (sulfide) groups is 1. The molecule has 4 rings (SSSR count). The lowest BCUT2D eigenvalue weighted by Gasteiger charge is -2.11. The molecule has 0 amide bonds. The Morgan fingerprint density at radius 3 is 2.43 bits per heavy atom. The van der Waals surface area contributed by atoms with Crippen LogP contribution in [0.1, 0.15) is 5.56 Å². The number of aromatic nitrogens is 4. The van der Waals surface area contributed by atoms with Crippen molar-refractivity contribution in [3.8, 4) is 5.82 Å². The van der Waals surface area contributed by atoms with Gasteiger partial charge in [0, 0.05) is 5.69 Å². The number of nitrogens with zero attached hydrogens (tertiary/aromatic N) is 4. The number of imidazole rings is 1. The van der Waals surface area contributed by atoms with Gasteiger partial charge in [0.15, 0.2) is 16.8 Å². The third kappa shape index (κ3) is 3.53. The first-order valence-corrected chi connectivity index (χ1v) is 9.46. The van der Waals surface area contributed by atoms with Crippen molar-refractivity contribution in [2.75, 3.05) is 11.6 Å². The topological polar surface area (TPSA) is 55.6 Å². The minimum Gasteiger partial charge on any atom is -0.339 e. The predicted molar refractivity (Wildman–Crippen MR) is 103 cm³/mol. The van der Waals surface area contributed by atoms with E-state index in [2.05, 4.69) is 20.3 Å². The number of hydrogen-bond acceptors (Lipinski definition) is 5. The van der Waals surface area contributed by atoms with Crippen LogP contribution in [-0.2, 0) is 6.18 Å². The first-order valence-electron chi connectivity index (χ1n) is 8.24. The second kappa shape index (κ2) is 7.16. The number of rotatable bonds is 4. The average molecular weight is 401 g/mol. The largest absolute Gasteiger partial charge is 0.416 e. The molecule has 1 N–H and O–H groups in total. The van der Waals surface area contributed by atoms with E-state index in [0.29, 0.717) is 17.3 Å². The number of fused-ring (bicyclic) bond motifs is 1. The molecule has 0 atom stereocenters. The predicted octanol–water partition coefficient (Wildman–Crippen LogP) is 5.30. The number of halogens is 3. The van der Waals surface area contributed by atoms with E-state index < -0.39 is 11.7 Å². The Balaban J connectivity index is 1.68. The zero-order valence-electron chi connectivity index (χ0n) is 14.6. The minimum atomic E-state index is -4.37. The third-order valence-corrected chi connectivity index (χ3v) is 4.69. The highest BCUT2D eigenvalue weighted by Crippen LogP contribution is 2.30. The molecule has 2 aromatic heterocycles. The van der Waals surface area contributed by atoms with E-state index >= 15 is 0 Å². The molecule has 142 valence electrons. The Morgan fingerprint density at radius 1 is 0.964 bits per heavy atom. The highest BCUT2D eigenvalue weighted by Gasteiger charge is 2.29. The normalized spacial score (nSPS) is 11.7. The monoisotopic (exact) mass is 401 g/mol. The molecule has 0 spiro atoms. The van der Waals surface area contributed by atoms with Crippen LogP contribution >= 0.6 is 11.8 Å². The molecule has 2 heterocycles. The van der Waals surface area contributed by atoms with Crippen LogP contribution in [0.5, 0.6) is 0 Å². The summed E-state index contributed by atoms with van der Waals surface area (Å²) in [5, 5.41) is 3.75. The molecule has 28 heavy (non-hydrogen) atoms. The molecular weight excluding hydrogens is 387 g/mol. The first kappa shape index (κ1) is 18.3. The van der Waals surface area contributed by atoms with Gasteiger partial charge >= 0.3 is 6.18 Å². The number of alkyl halides is 3. The average Bonchev–Trinajstić information content (AvgIpc) is 3.06. The van der Waals surface area contributed by atoms with Crippen molar-refractivity contribution in [2.45, 2.75) is 11.3 Å². The second-order valence-electron chi connectivity index (χ2n) is 5.89. The van der Waals surface area contributed by atoms with Crippen molar-refractivity contribution in [3.05, 3.63) is 66.5 Å². The van der Waals surface area contributed by atoms with Crippen LogP contribution in [0.4, 0.5) is 24.7 Å². The van der Waals surface area contributed by atoms with E-state index in [1.54, 1.807) is 6.20 Å². The van der Waals surface area contributed by atoms with Gasteiger partial charge < -0.3 is 5.32 Å². The Hall–Kier alpha value is -3.07. The van der Waals surface area contributed by atoms with E-state index in [1.165, 1.54) is 30.1 Å². The van der Waals surface area contributed by atoms with Crippen molar-refractivity contribution >= 4 is 34.3 Å². The zero-order valence-corrected chi connectivity index (χ0v) is 15.4. The number of hydrogen-bond donors (Lipinski definition) is 1. The fourth-order valence-corrected chi connectivity index (χ4v) is 3.34. The SMILES string of the molecule is CSc1nc2ccccc2n1-c1cncc(Nc2ccc(C(F)(F)F)cc2)n1.